The van der Waals surface area contributed by atoms with Gasteiger partial charge in [-0.15, -0.1) is 0 Å². The van der Waals surface area contributed by atoms with Crippen molar-refractivity contribution in [2.75, 3.05) is 33.9 Å². The average Bonchev–Trinajstić information content (AvgIpc) is 2.84. The Morgan fingerprint density at radius 2 is 0.914 bits per heavy atom. The van der Waals surface area contributed by atoms with Crippen LogP contribution in [0.4, 0.5) is 0 Å². The summed E-state index contributed by atoms with van der Waals surface area (Å²) in [6.07, 6.45) is 35.3. The Labute approximate surface area is 221 Å². The van der Waals surface area contributed by atoms with E-state index in [0.29, 0.717) is 0 Å². The fraction of sp³-hybridized carbons (Fsp3) is 0.875. The maximum Gasteiger partial charge on any atom is 0.170 e. The SMILES string of the molecule is CCCCC/C=C\C/C=C\CCCCCCCCOC(CN(C)C)OCCCCCCCCCC. The van der Waals surface area contributed by atoms with E-state index in [2.05, 4.69) is 57.1 Å². The molecule has 0 aromatic heterocycles. The maximum absolute atomic E-state index is 6.07. The van der Waals surface area contributed by atoms with Crippen molar-refractivity contribution in [2.45, 2.75) is 149 Å². The number of allylic oxidation sites excluding steroid dienone is 4. The molecular weight excluding hydrogens is 430 g/mol. The van der Waals surface area contributed by atoms with Gasteiger partial charge in [-0.1, -0.05) is 122 Å². The van der Waals surface area contributed by atoms with E-state index in [-0.39, 0.29) is 6.29 Å². The van der Waals surface area contributed by atoms with Gasteiger partial charge in [-0.25, -0.2) is 0 Å². The van der Waals surface area contributed by atoms with Gasteiger partial charge in [-0.3, -0.25) is 0 Å². The van der Waals surface area contributed by atoms with Gasteiger partial charge in [0.2, 0.25) is 0 Å². The van der Waals surface area contributed by atoms with E-state index < -0.39 is 0 Å². The summed E-state index contributed by atoms with van der Waals surface area (Å²) >= 11 is 0. The van der Waals surface area contributed by atoms with Crippen LogP contribution < -0.4 is 0 Å². The molecule has 0 saturated heterocycles. The largest absolute Gasteiger partial charge is 0.351 e. The van der Waals surface area contributed by atoms with Crippen LogP contribution in [0.5, 0.6) is 0 Å². The molecule has 1 atom stereocenters. The standard InChI is InChI=1S/C32H63NO2/c1-5-7-9-11-13-15-16-17-18-19-20-21-22-24-26-28-30-35-32(31-33(3)4)34-29-27-25-23-14-12-10-8-6-2/h13,15,17-18,32H,5-12,14,16,19-31H2,1-4H3/b15-13-,18-17-. The highest BCUT2D eigenvalue weighted by atomic mass is 16.7. The Balaban J connectivity index is 3.55. The van der Waals surface area contributed by atoms with Crippen molar-refractivity contribution in [3.63, 3.8) is 0 Å². The Hall–Kier alpha value is -0.640. The van der Waals surface area contributed by atoms with Crippen molar-refractivity contribution < 1.29 is 9.47 Å². The van der Waals surface area contributed by atoms with Crippen LogP contribution in [-0.2, 0) is 9.47 Å². The molecular formula is C32H63NO2. The van der Waals surface area contributed by atoms with Crippen molar-refractivity contribution in [3.05, 3.63) is 24.3 Å². The minimum Gasteiger partial charge on any atom is -0.351 e. The van der Waals surface area contributed by atoms with E-state index in [4.69, 9.17) is 9.47 Å². The minimum atomic E-state index is -0.0764. The minimum absolute atomic E-state index is 0.0764. The molecule has 35 heavy (non-hydrogen) atoms. The molecule has 0 aromatic carbocycles. The average molecular weight is 494 g/mol. The van der Waals surface area contributed by atoms with Crippen LogP contribution in [0.2, 0.25) is 0 Å². The molecule has 0 bridgehead atoms. The summed E-state index contributed by atoms with van der Waals surface area (Å²) in [5, 5.41) is 0. The second kappa shape index (κ2) is 29.6. The summed E-state index contributed by atoms with van der Waals surface area (Å²) in [4.78, 5) is 2.16. The fourth-order valence-corrected chi connectivity index (χ4v) is 4.21. The molecule has 0 aliphatic heterocycles. The molecule has 0 spiro atoms. The highest BCUT2D eigenvalue weighted by molar-refractivity contribution is 4.92. The van der Waals surface area contributed by atoms with Crippen LogP contribution >= 0.6 is 0 Å². The molecule has 0 N–H and O–H groups in total. The van der Waals surface area contributed by atoms with Crippen LogP contribution in [0, 0.1) is 0 Å². The Morgan fingerprint density at radius 3 is 1.40 bits per heavy atom. The third-order valence-electron chi connectivity index (χ3n) is 6.46. The summed E-state index contributed by atoms with van der Waals surface area (Å²) in [6.45, 7) is 7.04. The molecule has 0 heterocycles. The first kappa shape index (κ1) is 34.4. The monoisotopic (exact) mass is 493 g/mol. The van der Waals surface area contributed by atoms with E-state index in [0.717, 1.165) is 39.0 Å². The van der Waals surface area contributed by atoms with E-state index >= 15 is 0 Å². The number of rotatable bonds is 28. The van der Waals surface area contributed by atoms with Crippen LogP contribution in [0.15, 0.2) is 24.3 Å². The Morgan fingerprint density at radius 1 is 0.514 bits per heavy atom. The molecule has 1 unspecified atom stereocenters. The zero-order chi connectivity index (χ0) is 25.7. The van der Waals surface area contributed by atoms with Crippen molar-refractivity contribution in [1.29, 1.82) is 0 Å². The second-order valence-electron chi connectivity index (χ2n) is 10.5. The van der Waals surface area contributed by atoms with Crippen molar-refractivity contribution in [3.8, 4) is 0 Å². The molecule has 0 aromatic rings. The number of hydrogen-bond acceptors (Lipinski definition) is 3. The van der Waals surface area contributed by atoms with E-state index in [1.165, 1.54) is 109 Å². The first-order valence-corrected chi connectivity index (χ1v) is 15.4. The number of nitrogens with zero attached hydrogens (tertiary/aromatic N) is 1. The van der Waals surface area contributed by atoms with Gasteiger partial charge in [0.15, 0.2) is 6.29 Å². The Bertz CT molecular complexity index is 447. The molecule has 3 heteroatoms. The van der Waals surface area contributed by atoms with Crippen LogP contribution in [0.3, 0.4) is 0 Å². The second-order valence-corrected chi connectivity index (χ2v) is 10.5. The molecule has 0 fully saturated rings. The maximum atomic E-state index is 6.07. The lowest BCUT2D eigenvalue weighted by molar-refractivity contribution is -0.150. The van der Waals surface area contributed by atoms with E-state index in [1.807, 2.05) is 0 Å². The summed E-state index contributed by atoms with van der Waals surface area (Å²) in [6, 6.07) is 0. The summed E-state index contributed by atoms with van der Waals surface area (Å²) in [5.41, 5.74) is 0. The Kier molecular flexibility index (Phi) is 29.0. The van der Waals surface area contributed by atoms with Crippen molar-refractivity contribution in [2.24, 2.45) is 0 Å². The van der Waals surface area contributed by atoms with E-state index in [9.17, 15) is 0 Å². The van der Waals surface area contributed by atoms with Gasteiger partial charge >= 0.3 is 0 Å². The molecule has 0 radical (unpaired) electrons. The van der Waals surface area contributed by atoms with Crippen LogP contribution in [0.25, 0.3) is 0 Å². The third-order valence-corrected chi connectivity index (χ3v) is 6.46. The zero-order valence-corrected chi connectivity index (χ0v) is 24.4. The zero-order valence-electron chi connectivity index (χ0n) is 24.4. The highest BCUT2D eigenvalue weighted by Crippen LogP contribution is 2.11. The lowest BCUT2D eigenvalue weighted by Crippen LogP contribution is -2.31. The molecule has 3 nitrogen and oxygen atoms in total. The van der Waals surface area contributed by atoms with Crippen molar-refractivity contribution >= 4 is 0 Å². The topological polar surface area (TPSA) is 21.7 Å². The van der Waals surface area contributed by atoms with E-state index in [1.54, 1.807) is 0 Å². The molecule has 208 valence electrons. The normalized spacial score (nSPS) is 13.1. The third kappa shape index (κ3) is 29.5. The number of ether oxygens (including phenoxy) is 2. The summed E-state index contributed by atoms with van der Waals surface area (Å²) < 4.78 is 12.1. The molecule has 0 aliphatic rings. The molecule has 0 aliphatic carbocycles. The van der Waals surface area contributed by atoms with Gasteiger partial charge in [-0.2, -0.15) is 0 Å². The molecule has 0 rings (SSSR count). The van der Waals surface area contributed by atoms with Gasteiger partial charge < -0.3 is 14.4 Å². The fourth-order valence-electron chi connectivity index (χ4n) is 4.21. The number of unbranched alkanes of at least 4 members (excludes halogenated alkanes) is 16. The first-order chi connectivity index (χ1) is 17.2. The summed E-state index contributed by atoms with van der Waals surface area (Å²) in [7, 11) is 4.19. The van der Waals surface area contributed by atoms with Crippen molar-refractivity contribution in [1.82, 2.24) is 4.90 Å². The number of hydrogen-bond donors (Lipinski definition) is 0. The van der Waals surface area contributed by atoms with Gasteiger partial charge in [0, 0.05) is 19.8 Å². The predicted octanol–water partition coefficient (Wildman–Crippen LogP) is 9.86. The first-order valence-electron chi connectivity index (χ1n) is 15.4. The smallest absolute Gasteiger partial charge is 0.170 e. The lowest BCUT2D eigenvalue weighted by Gasteiger charge is -2.22. The highest BCUT2D eigenvalue weighted by Gasteiger charge is 2.10. The number of likely N-dealkylation sites (N-methyl/N-ethyl adjacent to an activating group) is 1. The van der Waals surface area contributed by atoms with Gasteiger partial charge in [0.1, 0.15) is 0 Å². The van der Waals surface area contributed by atoms with Crippen LogP contribution in [-0.4, -0.2) is 45.0 Å². The van der Waals surface area contributed by atoms with Gasteiger partial charge in [-0.05, 0) is 59.0 Å². The van der Waals surface area contributed by atoms with Gasteiger partial charge in [0.25, 0.3) is 0 Å². The predicted molar refractivity (Wildman–Crippen MR) is 156 cm³/mol. The summed E-state index contributed by atoms with van der Waals surface area (Å²) in [5.74, 6) is 0. The quantitative estimate of drug-likeness (QED) is 0.0615. The molecule has 0 saturated carbocycles. The van der Waals surface area contributed by atoms with Crippen LogP contribution in [0.1, 0.15) is 142 Å². The van der Waals surface area contributed by atoms with Gasteiger partial charge in [0.05, 0.1) is 0 Å². The lowest BCUT2D eigenvalue weighted by atomic mass is 10.1. The molecule has 0 amide bonds.